The number of anilines is 1. The first-order valence-electron chi connectivity index (χ1n) is 8.25. The van der Waals surface area contributed by atoms with Crippen LogP contribution in [0.4, 0.5) is 5.69 Å². The molecule has 2 aromatic carbocycles. The van der Waals surface area contributed by atoms with E-state index in [1.165, 1.54) is 6.07 Å². The zero-order valence-corrected chi connectivity index (χ0v) is 14.7. The molecule has 1 heterocycles. The van der Waals surface area contributed by atoms with E-state index in [9.17, 15) is 9.59 Å². The summed E-state index contributed by atoms with van der Waals surface area (Å²) in [5.74, 6) is 0.209. The molecule has 0 aliphatic rings. The molecule has 0 atom stereocenters. The molecule has 0 radical (unpaired) electrons. The van der Waals surface area contributed by atoms with Gasteiger partial charge in [0.05, 0.1) is 0 Å². The maximum atomic E-state index is 12.4. The summed E-state index contributed by atoms with van der Waals surface area (Å²) in [5.41, 5.74) is 0.329. The number of carbonyl (C=O) groups is 1. The van der Waals surface area contributed by atoms with Crippen molar-refractivity contribution in [1.82, 2.24) is 4.90 Å². The van der Waals surface area contributed by atoms with Crippen molar-refractivity contribution in [3.8, 4) is 5.75 Å². The Morgan fingerprint density at radius 1 is 1.12 bits per heavy atom. The number of nitrogens with one attached hydrogen (secondary N) is 1. The molecule has 0 saturated carbocycles. The van der Waals surface area contributed by atoms with Crippen LogP contribution in [0.3, 0.4) is 0 Å². The molecule has 134 valence electrons. The van der Waals surface area contributed by atoms with Crippen LogP contribution >= 0.6 is 0 Å². The number of carbonyl (C=O) groups excluding carboxylic acids is 1. The Morgan fingerprint density at radius 2 is 1.85 bits per heavy atom. The minimum Gasteiger partial charge on any atom is -0.492 e. The first-order valence-corrected chi connectivity index (χ1v) is 8.25. The Bertz CT molecular complexity index is 961. The molecular weight excluding hydrogens is 332 g/mol. The molecule has 3 aromatic rings. The third-order valence-electron chi connectivity index (χ3n) is 3.81. The van der Waals surface area contributed by atoms with Crippen molar-refractivity contribution < 1.29 is 13.9 Å². The van der Waals surface area contributed by atoms with Crippen molar-refractivity contribution in [3.05, 3.63) is 70.6 Å². The molecule has 0 unspecified atom stereocenters. The summed E-state index contributed by atoms with van der Waals surface area (Å²) >= 11 is 0. The lowest BCUT2D eigenvalue weighted by Crippen LogP contribution is -2.20. The second kappa shape index (κ2) is 7.84. The highest BCUT2D eigenvalue weighted by Crippen LogP contribution is 2.17. The summed E-state index contributed by atoms with van der Waals surface area (Å²) < 4.78 is 10.8. The minimum absolute atomic E-state index is 0.0324. The van der Waals surface area contributed by atoms with Gasteiger partial charge in [0, 0.05) is 17.6 Å². The monoisotopic (exact) mass is 352 g/mol. The number of amides is 1. The third-order valence-corrected chi connectivity index (χ3v) is 3.81. The van der Waals surface area contributed by atoms with Crippen LogP contribution in [0.2, 0.25) is 0 Å². The molecule has 26 heavy (non-hydrogen) atoms. The molecule has 0 aliphatic carbocycles. The first kappa shape index (κ1) is 17.7. The van der Waals surface area contributed by atoms with Crippen LogP contribution in [0.1, 0.15) is 10.4 Å². The van der Waals surface area contributed by atoms with Crippen LogP contribution in [0, 0.1) is 0 Å². The van der Waals surface area contributed by atoms with Crippen LogP contribution in [-0.4, -0.2) is 38.1 Å². The normalized spacial score (nSPS) is 10.9. The molecule has 0 bridgehead atoms. The lowest BCUT2D eigenvalue weighted by atomic mass is 10.1. The molecular formula is C20H20N2O4. The molecule has 1 aromatic heterocycles. The van der Waals surface area contributed by atoms with E-state index in [1.54, 1.807) is 42.5 Å². The predicted molar refractivity (Wildman–Crippen MR) is 101 cm³/mol. The van der Waals surface area contributed by atoms with E-state index in [-0.39, 0.29) is 5.56 Å². The van der Waals surface area contributed by atoms with E-state index in [4.69, 9.17) is 9.15 Å². The molecule has 0 spiro atoms. The van der Waals surface area contributed by atoms with Gasteiger partial charge in [-0.3, -0.25) is 4.79 Å². The first-order chi connectivity index (χ1) is 12.5. The zero-order chi connectivity index (χ0) is 18.5. The Kier molecular flexibility index (Phi) is 5.34. The number of hydrogen-bond acceptors (Lipinski definition) is 5. The maximum absolute atomic E-state index is 12.4. The van der Waals surface area contributed by atoms with Gasteiger partial charge in [0.25, 0.3) is 5.91 Å². The summed E-state index contributed by atoms with van der Waals surface area (Å²) in [5, 5.41) is 3.40. The van der Waals surface area contributed by atoms with Crippen molar-refractivity contribution in [2.24, 2.45) is 0 Å². The van der Waals surface area contributed by atoms with E-state index in [0.717, 1.165) is 12.3 Å². The summed E-state index contributed by atoms with van der Waals surface area (Å²) in [6.07, 6.45) is 0. The highest BCUT2D eigenvalue weighted by Gasteiger charge is 2.14. The number of rotatable bonds is 6. The van der Waals surface area contributed by atoms with Crippen molar-refractivity contribution in [2.75, 3.05) is 32.6 Å². The van der Waals surface area contributed by atoms with Crippen LogP contribution in [0.5, 0.6) is 5.75 Å². The van der Waals surface area contributed by atoms with Gasteiger partial charge in [0.15, 0.2) is 0 Å². The van der Waals surface area contributed by atoms with Gasteiger partial charge in [-0.05, 0) is 50.5 Å². The van der Waals surface area contributed by atoms with Crippen LogP contribution in [0.25, 0.3) is 11.0 Å². The van der Waals surface area contributed by atoms with Crippen molar-refractivity contribution in [3.63, 3.8) is 0 Å². The molecule has 3 rings (SSSR count). The standard InChI is InChI=1S/C20H20N2O4/c1-22(2)11-12-25-16-9-7-15(8-10-16)21-19(23)17-13-14-5-3-4-6-18(14)26-20(17)24/h3-10,13H,11-12H2,1-2H3,(H,21,23). The van der Waals surface area contributed by atoms with E-state index in [0.29, 0.717) is 23.3 Å². The van der Waals surface area contributed by atoms with Gasteiger partial charge in [0.2, 0.25) is 0 Å². The fourth-order valence-electron chi connectivity index (χ4n) is 2.40. The van der Waals surface area contributed by atoms with Crippen LogP contribution in [-0.2, 0) is 0 Å². The van der Waals surface area contributed by atoms with Crippen LogP contribution < -0.4 is 15.7 Å². The van der Waals surface area contributed by atoms with Gasteiger partial charge in [-0.25, -0.2) is 4.79 Å². The number of para-hydroxylation sites is 1. The SMILES string of the molecule is CN(C)CCOc1ccc(NC(=O)c2cc3ccccc3oc2=O)cc1. The van der Waals surface area contributed by atoms with E-state index < -0.39 is 11.5 Å². The number of fused-ring (bicyclic) bond motifs is 1. The van der Waals surface area contributed by atoms with Crippen LogP contribution in [0.15, 0.2) is 63.8 Å². The van der Waals surface area contributed by atoms with Gasteiger partial charge in [0.1, 0.15) is 23.5 Å². The van der Waals surface area contributed by atoms with Gasteiger partial charge in [-0.1, -0.05) is 18.2 Å². The Morgan fingerprint density at radius 3 is 2.58 bits per heavy atom. The molecule has 0 aliphatic heterocycles. The van der Waals surface area contributed by atoms with Gasteiger partial charge >= 0.3 is 5.63 Å². The Hall–Kier alpha value is -3.12. The zero-order valence-electron chi connectivity index (χ0n) is 14.7. The minimum atomic E-state index is -0.662. The molecule has 1 amide bonds. The predicted octanol–water partition coefficient (Wildman–Crippen LogP) is 2.99. The topological polar surface area (TPSA) is 71.8 Å². The molecule has 1 N–H and O–H groups in total. The smallest absolute Gasteiger partial charge is 0.349 e. The van der Waals surface area contributed by atoms with Crippen molar-refractivity contribution in [2.45, 2.75) is 0 Å². The molecule has 0 fully saturated rings. The summed E-state index contributed by atoms with van der Waals surface area (Å²) in [6, 6.07) is 15.6. The molecule has 6 nitrogen and oxygen atoms in total. The fourth-order valence-corrected chi connectivity index (χ4v) is 2.40. The maximum Gasteiger partial charge on any atom is 0.349 e. The summed E-state index contributed by atoms with van der Waals surface area (Å²) in [6.45, 7) is 1.40. The second-order valence-electron chi connectivity index (χ2n) is 6.12. The average Bonchev–Trinajstić information content (AvgIpc) is 2.62. The number of hydrogen-bond donors (Lipinski definition) is 1. The van der Waals surface area contributed by atoms with E-state index >= 15 is 0 Å². The largest absolute Gasteiger partial charge is 0.492 e. The van der Waals surface area contributed by atoms with Crippen molar-refractivity contribution in [1.29, 1.82) is 0 Å². The van der Waals surface area contributed by atoms with Gasteiger partial charge in [-0.15, -0.1) is 0 Å². The summed E-state index contributed by atoms with van der Waals surface area (Å²) in [4.78, 5) is 26.5. The Labute approximate surface area is 151 Å². The highest BCUT2D eigenvalue weighted by molar-refractivity contribution is 6.05. The number of ether oxygens (including phenoxy) is 1. The molecule has 0 saturated heterocycles. The average molecular weight is 352 g/mol. The Balaban J connectivity index is 1.70. The number of nitrogens with zero attached hydrogens (tertiary/aromatic N) is 1. The van der Waals surface area contributed by atoms with E-state index in [1.807, 2.05) is 25.1 Å². The molecule has 6 heteroatoms. The third kappa shape index (κ3) is 4.29. The highest BCUT2D eigenvalue weighted by atomic mass is 16.5. The summed E-state index contributed by atoms with van der Waals surface area (Å²) in [7, 11) is 3.96. The van der Waals surface area contributed by atoms with Crippen molar-refractivity contribution >= 4 is 22.6 Å². The lowest BCUT2D eigenvalue weighted by molar-refractivity contribution is 0.102. The number of likely N-dealkylation sites (N-methyl/N-ethyl adjacent to an activating group) is 1. The van der Waals surface area contributed by atoms with Gasteiger partial charge < -0.3 is 19.4 Å². The lowest BCUT2D eigenvalue weighted by Gasteiger charge is -2.11. The number of benzene rings is 2. The van der Waals surface area contributed by atoms with Gasteiger partial charge in [-0.2, -0.15) is 0 Å². The quantitative estimate of drug-likeness (QED) is 0.691. The second-order valence-corrected chi connectivity index (χ2v) is 6.12. The van der Waals surface area contributed by atoms with E-state index in [2.05, 4.69) is 5.32 Å². The fraction of sp³-hybridized carbons (Fsp3) is 0.200.